The van der Waals surface area contributed by atoms with Gasteiger partial charge < -0.3 is 30.3 Å². The molecular formula is C25H36N4O6. The highest BCUT2D eigenvalue weighted by atomic mass is 16.6. The molecule has 1 saturated heterocycles. The molecule has 3 N–H and O–H groups in total. The number of nitrogens with one attached hydrogen (secondary N) is 3. The van der Waals surface area contributed by atoms with Crippen LogP contribution >= 0.6 is 0 Å². The van der Waals surface area contributed by atoms with Crippen molar-refractivity contribution in [2.45, 2.75) is 89.8 Å². The summed E-state index contributed by atoms with van der Waals surface area (Å²) in [6.07, 6.45) is 1.03. The Kier molecular flexibility index (Phi) is 8.58. The molecule has 1 saturated carbocycles. The van der Waals surface area contributed by atoms with E-state index in [1.165, 1.54) is 6.92 Å². The van der Waals surface area contributed by atoms with Crippen LogP contribution < -0.4 is 16.0 Å². The van der Waals surface area contributed by atoms with Crippen LogP contribution in [0.4, 0.5) is 9.59 Å². The van der Waals surface area contributed by atoms with E-state index in [9.17, 15) is 19.2 Å². The van der Waals surface area contributed by atoms with E-state index >= 15 is 0 Å². The summed E-state index contributed by atoms with van der Waals surface area (Å²) < 4.78 is 10.6. The standard InChI is InChI=1S/C25H36N4O6/c1-16(30)26-20-14-18(27-24(33)35-25(2,3)4)10-11-21(20)29-13-12-19(22(29)31)28-23(32)34-15-17-8-6-5-7-9-17/h5-9,18-21H,10-15H2,1-4H3,(H,26,30)(H,27,33)(H,28,32)/t18-,19+,20-,21+/m1/s1. The molecule has 4 atom stereocenters. The molecule has 3 rings (SSSR count). The summed E-state index contributed by atoms with van der Waals surface area (Å²) in [6, 6.07) is 7.90. The molecule has 0 aromatic heterocycles. The number of rotatable bonds is 6. The van der Waals surface area contributed by atoms with Crippen molar-refractivity contribution in [1.82, 2.24) is 20.9 Å². The largest absolute Gasteiger partial charge is 0.445 e. The predicted molar refractivity (Wildman–Crippen MR) is 128 cm³/mol. The third-order valence-corrected chi connectivity index (χ3v) is 6.07. The summed E-state index contributed by atoms with van der Waals surface area (Å²) in [5.41, 5.74) is 0.252. The van der Waals surface area contributed by atoms with Crippen LogP contribution in [-0.4, -0.2) is 65.2 Å². The minimum atomic E-state index is -0.672. The van der Waals surface area contributed by atoms with Crippen LogP contribution in [0.15, 0.2) is 30.3 Å². The summed E-state index contributed by atoms with van der Waals surface area (Å²) >= 11 is 0. The Morgan fingerprint density at radius 1 is 1.00 bits per heavy atom. The average molecular weight is 489 g/mol. The fourth-order valence-electron chi connectivity index (χ4n) is 4.62. The smallest absolute Gasteiger partial charge is 0.408 e. The second kappa shape index (κ2) is 11.4. The Morgan fingerprint density at radius 3 is 2.37 bits per heavy atom. The summed E-state index contributed by atoms with van der Waals surface area (Å²) in [7, 11) is 0. The van der Waals surface area contributed by atoms with Gasteiger partial charge in [-0.1, -0.05) is 30.3 Å². The molecule has 10 heteroatoms. The lowest BCUT2D eigenvalue weighted by Crippen LogP contribution is -2.58. The van der Waals surface area contributed by atoms with E-state index in [0.29, 0.717) is 32.2 Å². The molecule has 4 amide bonds. The number of nitrogens with zero attached hydrogens (tertiary/aromatic N) is 1. The lowest BCUT2D eigenvalue weighted by molar-refractivity contribution is -0.133. The Labute approximate surface area is 206 Å². The first-order valence-corrected chi connectivity index (χ1v) is 12.1. The first-order valence-electron chi connectivity index (χ1n) is 12.1. The summed E-state index contributed by atoms with van der Waals surface area (Å²) in [4.78, 5) is 51.2. The molecule has 1 aromatic carbocycles. The minimum Gasteiger partial charge on any atom is -0.445 e. The van der Waals surface area contributed by atoms with Crippen LogP contribution in [0.1, 0.15) is 58.9 Å². The molecule has 35 heavy (non-hydrogen) atoms. The molecule has 0 spiro atoms. The van der Waals surface area contributed by atoms with Gasteiger partial charge in [-0.3, -0.25) is 9.59 Å². The number of ether oxygens (including phenoxy) is 2. The molecule has 1 aliphatic carbocycles. The number of likely N-dealkylation sites (tertiary alicyclic amines) is 1. The number of carbonyl (C=O) groups excluding carboxylic acids is 4. The van der Waals surface area contributed by atoms with E-state index in [4.69, 9.17) is 9.47 Å². The molecule has 2 fully saturated rings. The fourth-order valence-corrected chi connectivity index (χ4v) is 4.62. The number of alkyl carbamates (subject to hydrolysis) is 2. The zero-order valence-corrected chi connectivity index (χ0v) is 20.8. The van der Waals surface area contributed by atoms with Crippen LogP contribution in [0.25, 0.3) is 0 Å². The topological polar surface area (TPSA) is 126 Å². The van der Waals surface area contributed by atoms with Crippen LogP contribution in [0.3, 0.4) is 0 Å². The molecule has 2 aliphatic rings. The lowest BCUT2D eigenvalue weighted by Gasteiger charge is -2.41. The zero-order valence-electron chi connectivity index (χ0n) is 20.8. The minimum absolute atomic E-state index is 0.122. The van der Waals surface area contributed by atoms with Crippen molar-refractivity contribution in [3.63, 3.8) is 0 Å². The van der Waals surface area contributed by atoms with Crippen molar-refractivity contribution >= 4 is 24.0 Å². The molecule has 1 aromatic rings. The first-order chi connectivity index (χ1) is 16.5. The predicted octanol–water partition coefficient (Wildman–Crippen LogP) is 2.46. The maximum atomic E-state index is 13.1. The summed E-state index contributed by atoms with van der Waals surface area (Å²) in [6.45, 7) is 7.41. The second-order valence-corrected chi connectivity index (χ2v) is 10.1. The highest BCUT2D eigenvalue weighted by Crippen LogP contribution is 2.28. The van der Waals surface area contributed by atoms with Gasteiger partial charge in [0.1, 0.15) is 18.2 Å². The van der Waals surface area contributed by atoms with Gasteiger partial charge >= 0.3 is 12.2 Å². The van der Waals surface area contributed by atoms with E-state index in [0.717, 1.165) is 5.56 Å². The van der Waals surface area contributed by atoms with E-state index in [-0.39, 0.29) is 36.5 Å². The van der Waals surface area contributed by atoms with Gasteiger partial charge in [-0.25, -0.2) is 9.59 Å². The van der Waals surface area contributed by atoms with Crippen molar-refractivity contribution in [3.05, 3.63) is 35.9 Å². The monoisotopic (exact) mass is 488 g/mol. The van der Waals surface area contributed by atoms with Crippen LogP contribution in [0.5, 0.6) is 0 Å². The molecule has 1 heterocycles. The van der Waals surface area contributed by atoms with Crippen molar-refractivity contribution in [1.29, 1.82) is 0 Å². The number of hydrogen-bond donors (Lipinski definition) is 3. The highest BCUT2D eigenvalue weighted by molar-refractivity contribution is 5.88. The van der Waals surface area contributed by atoms with Gasteiger partial charge in [0, 0.05) is 19.5 Å². The van der Waals surface area contributed by atoms with Gasteiger partial charge in [0.25, 0.3) is 0 Å². The quantitative estimate of drug-likeness (QED) is 0.565. The van der Waals surface area contributed by atoms with Gasteiger partial charge in [0.05, 0.1) is 12.1 Å². The second-order valence-electron chi connectivity index (χ2n) is 10.1. The zero-order chi connectivity index (χ0) is 25.6. The Hall–Kier alpha value is -3.30. The number of amides is 4. The first kappa shape index (κ1) is 26.3. The van der Waals surface area contributed by atoms with Gasteiger partial charge in [0.15, 0.2) is 0 Å². The van der Waals surface area contributed by atoms with Crippen molar-refractivity contribution in [2.24, 2.45) is 0 Å². The average Bonchev–Trinajstić information content (AvgIpc) is 3.11. The van der Waals surface area contributed by atoms with Crippen molar-refractivity contribution in [3.8, 4) is 0 Å². The van der Waals surface area contributed by atoms with E-state index in [1.54, 1.807) is 25.7 Å². The molecule has 192 valence electrons. The Bertz CT molecular complexity index is 916. The van der Waals surface area contributed by atoms with Gasteiger partial charge in [-0.05, 0) is 52.0 Å². The number of hydrogen-bond acceptors (Lipinski definition) is 6. The molecule has 10 nitrogen and oxygen atoms in total. The van der Waals surface area contributed by atoms with Crippen molar-refractivity contribution in [2.75, 3.05) is 6.54 Å². The van der Waals surface area contributed by atoms with Crippen LogP contribution in [0, 0.1) is 0 Å². The number of benzene rings is 1. The van der Waals surface area contributed by atoms with Gasteiger partial charge in [0.2, 0.25) is 11.8 Å². The maximum Gasteiger partial charge on any atom is 0.408 e. The number of carbonyl (C=O) groups is 4. The molecule has 1 aliphatic heterocycles. The van der Waals surface area contributed by atoms with Gasteiger partial charge in [-0.2, -0.15) is 0 Å². The van der Waals surface area contributed by atoms with Crippen molar-refractivity contribution < 1.29 is 28.7 Å². The van der Waals surface area contributed by atoms with Crippen LogP contribution in [0.2, 0.25) is 0 Å². The molecule has 0 unspecified atom stereocenters. The normalized spacial score (nSPS) is 24.5. The third-order valence-electron chi connectivity index (χ3n) is 6.07. The summed E-state index contributed by atoms with van der Waals surface area (Å²) in [5.74, 6) is -0.399. The lowest BCUT2D eigenvalue weighted by atomic mass is 9.85. The highest BCUT2D eigenvalue weighted by Gasteiger charge is 2.43. The van der Waals surface area contributed by atoms with E-state index in [2.05, 4.69) is 16.0 Å². The Morgan fingerprint density at radius 2 is 1.71 bits per heavy atom. The molecular weight excluding hydrogens is 452 g/mol. The molecule has 0 bridgehead atoms. The third kappa shape index (κ3) is 7.87. The van der Waals surface area contributed by atoms with E-state index < -0.39 is 23.8 Å². The Balaban J connectivity index is 1.55. The maximum absolute atomic E-state index is 13.1. The van der Waals surface area contributed by atoms with E-state index in [1.807, 2.05) is 30.3 Å². The summed E-state index contributed by atoms with van der Waals surface area (Å²) in [5, 5.41) is 8.48. The SMILES string of the molecule is CC(=O)N[C@@H]1C[C@H](NC(=O)OC(C)(C)C)CC[C@@H]1N1CC[C@H](NC(=O)OCc2ccccc2)C1=O. The molecule has 0 radical (unpaired) electrons. The fraction of sp³-hybridized carbons (Fsp3) is 0.600. The van der Waals surface area contributed by atoms with Crippen LogP contribution in [-0.2, 0) is 25.7 Å². The van der Waals surface area contributed by atoms with Gasteiger partial charge in [-0.15, -0.1) is 0 Å².